The van der Waals surface area contributed by atoms with E-state index in [1.54, 1.807) is 17.0 Å². The number of hydrogen-bond donors (Lipinski definition) is 1. The largest absolute Gasteiger partial charge is 0.349 e. The van der Waals surface area contributed by atoms with Crippen LogP contribution >= 0.6 is 0 Å². The van der Waals surface area contributed by atoms with E-state index in [1.165, 1.54) is 12.1 Å². The molecule has 0 aliphatic carbocycles. The first kappa shape index (κ1) is 19.1. The summed E-state index contributed by atoms with van der Waals surface area (Å²) >= 11 is 0. The van der Waals surface area contributed by atoms with Crippen molar-refractivity contribution in [1.29, 1.82) is 0 Å². The van der Waals surface area contributed by atoms with Crippen LogP contribution in [0.4, 0.5) is 10.1 Å². The summed E-state index contributed by atoms with van der Waals surface area (Å²) in [5, 5.41) is 3.05. The average molecular weight is 368 g/mol. The number of rotatable bonds is 6. The van der Waals surface area contributed by atoms with Gasteiger partial charge in [-0.15, -0.1) is 0 Å². The van der Waals surface area contributed by atoms with E-state index in [4.69, 9.17) is 0 Å². The molecule has 142 valence electrons. The molecule has 2 aromatic carbocycles. The van der Waals surface area contributed by atoms with Crippen LogP contribution in [-0.2, 0) is 16.0 Å². The standard InChI is InChI=1S/C22H25FN2O2/c1-15(2)22(17-7-9-18(23)10-8-17)24-20(26)14-16-5-11-19(12-6-16)25-13-3-4-21(25)27/h5-12,15,22H,3-4,13-14H2,1-2H3,(H,24,26)/t22-/m1/s1. The van der Waals surface area contributed by atoms with Crippen molar-refractivity contribution >= 4 is 17.5 Å². The summed E-state index contributed by atoms with van der Waals surface area (Å²) in [6.07, 6.45) is 1.76. The highest BCUT2D eigenvalue weighted by atomic mass is 19.1. The van der Waals surface area contributed by atoms with Crippen molar-refractivity contribution in [3.8, 4) is 0 Å². The van der Waals surface area contributed by atoms with E-state index in [1.807, 2.05) is 38.1 Å². The van der Waals surface area contributed by atoms with Crippen LogP contribution in [0, 0.1) is 11.7 Å². The Balaban J connectivity index is 1.63. The molecule has 0 spiro atoms. The SMILES string of the molecule is CC(C)[C@@H](NC(=O)Cc1ccc(N2CCCC2=O)cc1)c1ccc(F)cc1. The highest BCUT2D eigenvalue weighted by molar-refractivity contribution is 5.95. The summed E-state index contributed by atoms with van der Waals surface area (Å²) in [7, 11) is 0. The van der Waals surface area contributed by atoms with Crippen LogP contribution in [0.1, 0.15) is 43.9 Å². The summed E-state index contributed by atoms with van der Waals surface area (Å²) in [6, 6.07) is 13.7. The van der Waals surface area contributed by atoms with E-state index >= 15 is 0 Å². The van der Waals surface area contributed by atoms with Crippen molar-refractivity contribution in [1.82, 2.24) is 5.32 Å². The first-order valence-electron chi connectivity index (χ1n) is 9.38. The van der Waals surface area contributed by atoms with E-state index in [-0.39, 0.29) is 36.0 Å². The van der Waals surface area contributed by atoms with Gasteiger partial charge in [0, 0.05) is 18.7 Å². The molecule has 1 aliphatic rings. The van der Waals surface area contributed by atoms with E-state index in [9.17, 15) is 14.0 Å². The summed E-state index contributed by atoms with van der Waals surface area (Å²) < 4.78 is 13.2. The molecule has 1 atom stereocenters. The van der Waals surface area contributed by atoms with Crippen LogP contribution in [0.3, 0.4) is 0 Å². The van der Waals surface area contributed by atoms with Crippen molar-refractivity contribution in [2.24, 2.45) is 5.92 Å². The van der Waals surface area contributed by atoms with Gasteiger partial charge in [-0.2, -0.15) is 0 Å². The number of hydrogen-bond acceptors (Lipinski definition) is 2. The van der Waals surface area contributed by atoms with Gasteiger partial charge < -0.3 is 10.2 Å². The number of benzene rings is 2. The molecule has 1 aliphatic heterocycles. The average Bonchev–Trinajstić information content (AvgIpc) is 3.07. The Hall–Kier alpha value is -2.69. The van der Waals surface area contributed by atoms with E-state index in [2.05, 4.69) is 5.32 Å². The Bertz CT molecular complexity index is 800. The van der Waals surface area contributed by atoms with Crippen molar-refractivity contribution in [3.05, 3.63) is 65.5 Å². The van der Waals surface area contributed by atoms with Crippen LogP contribution in [0.2, 0.25) is 0 Å². The maximum absolute atomic E-state index is 13.2. The minimum atomic E-state index is -0.288. The van der Waals surface area contributed by atoms with Crippen molar-refractivity contribution in [3.63, 3.8) is 0 Å². The lowest BCUT2D eigenvalue weighted by molar-refractivity contribution is -0.121. The molecule has 2 amide bonds. The third-order valence-electron chi connectivity index (χ3n) is 4.90. The van der Waals surface area contributed by atoms with Crippen molar-refractivity contribution in [2.45, 2.75) is 39.2 Å². The van der Waals surface area contributed by atoms with Gasteiger partial charge in [-0.25, -0.2) is 4.39 Å². The molecule has 27 heavy (non-hydrogen) atoms. The molecule has 3 rings (SSSR count). The van der Waals surface area contributed by atoms with E-state index < -0.39 is 0 Å². The molecule has 2 aromatic rings. The number of nitrogens with one attached hydrogen (secondary N) is 1. The first-order valence-corrected chi connectivity index (χ1v) is 9.38. The molecule has 1 fully saturated rings. The molecular formula is C22H25FN2O2. The van der Waals surface area contributed by atoms with Crippen LogP contribution in [0.25, 0.3) is 0 Å². The zero-order chi connectivity index (χ0) is 19.4. The van der Waals surface area contributed by atoms with Gasteiger partial charge in [0.15, 0.2) is 0 Å². The molecule has 5 heteroatoms. The van der Waals surface area contributed by atoms with Gasteiger partial charge in [-0.05, 0) is 47.7 Å². The van der Waals surface area contributed by atoms with Gasteiger partial charge in [-0.3, -0.25) is 9.59 Å². The fourth-order valence-electron chi connectivity index (χ4n) is 3.43. The second kappa shape index (κ2) is 8.33. The van der Waals surface area contributed by atoms with Crippen LogP contribution in [-0.4, -0.2) is 18.4 Å². The predicted molar refractivity (Wildman–Crippen MR) is 104 cm³/mol. The highest BCUT2D eigenvalue weighted by Crippen LogP contribution is 2.23. The molecule has 1 saturated heterocycles. The lowest BCUT2D eigenvalue weighted by Gasteiger charge is -2.23. The number of halogens is 1. The number of amides is 2. The molecule has 0 bridgehead atoms. The second-order valence-electron chi connectivity index (χ2n) is 7.33. The fraction of sp³-hybridized carbons (Fsp3) is 0.364. The topological polar surface area (TPSA) is 49.4 Å². The molecule has 1 heterocycles. The van der Waals surface area contributed by atoms with E-state index in [0.717, 1.165) is 29.8 Å². The Labute approximate surface area is 159 Å². The molecule has 4 nitrogen and oxygen atoms in total. The fourth-order valence-corrected chi connectivity index (χ4v) is 3.43. The Kier molecular flexibility index (Phi) is 5.89. The van der Waals surface area contributed by atoms with Gasteiger partial charge in [-0.1, -0.05) is 38.1 Å². The molecule has 0 unspecified atom stereocenters. The van der Waals surface area contributed by atoms with Crippen LogP contribution in [0.5, 0.6) is 0 Å². The lowest BCUT2D eigenvalue weighted by atomic mass is 9.95. The highest BCUT2D eigenvalue weighted by Gasteiger charge is 2.22. The minimum Gasteiger partial charge on any atom is -0.349 e. The van der Waals surface area contributed by atoms with Gasteiger partial charge in [0.1, 0.15) is 5.82 Å². The van der Waals surface area contributed by atoms with Gasteiger partial charge in [0.2, 0.25) is 11.8 Å². The van der Waals surface area contributed by atoms with Crippen molar-refractivity contribution < 1.29 is 14.0 Å². The quantitative estimate of drug-likeness (QED) is 0.838. The van der Waals surface area contributed by atoms with Crippen LogP contribution in [0.15, 0.2) is 48.5 Å². The summed E-state index contributed by atoms with van der Waals surface area (Å²) in [4.78, 5) is 26.1. The minimum absolute atomic E-state index is 0.0805. The summed E-state index contributed by atoms with van der Waals surface area (Å²) in [5.74, 6) is -0.0327. The molecule has 0 radical (unpaired) electrons. The van der Waals surface area contributed by atoms with Gasteiger partial charge in [0.05, 0.1) is 12.5 Å². The number of carbonyl (C=O) groups excluding carboxylic acids is 2. The molecule has 0 aromatic heterocycles. The van der Waals surface area contributed by atoms with Crippen LogP contribution < -0.4 is 10.2 Å². The Morgan fingerprint density at radius 3 is 2.33 bits per heavy atom. The maximum Gasteiger partial charge on any atom is 0.227 e. The Morgan fingerprint density at radius 2 is 1.78 bits per heavy atom. The normalized spacial score (nSPS) is 15.3. The second-order valence-corrected chi connectivity index (χ2v) is 7.33. The zero-order valence-electron chi connectivity index (χ0n) is 15.7. The zero-order valence-corrected chi connectivity index (χ0v) is 15.7. The third kappa shape index (κ3) is 4.73. The number of nitrogens with zero attached hydrogens (tertiary/aromatic N) is 1. The third-order valence-corrected chi connectivity index (χ3v) is 4.90. The number of anilines is 1. The summed E-state index contributed by atoms with van der Waals surface area (Å²) in [5.41, 5.74) is 2.67. The molecule has 1 N–H and O–H groups in total. The van der Waals surface area contributed by atoms with Crippen molar-refractivity contribution in [2.75, 3.05) is 11.4 Å². The first-order chi connectivity index (χ1) is 12.9. The Morgan fingerprint density at radius 1 is 1.11 bits per heavy atom. The van der Waals surface area contributed by atoms with Gasteiger partial charge >= 0.3 is 0 Å². The predicted octanol–water partition coefficient (Wildman–Crippen LogP) is 4.01. The lowest BCUT2D eigenvalue weighted by Crippen LogP contribution is -2.32. The smallest absolute Gasteiger partial charge is 0.227 e. The maximum atomic E-state index is 13.2. The monoisotopic (exact) mass is 368 g/mol. The van der Waals surface area contributed by atoms with E-state index in [0.29, 0.717) is 6.42 Å². The number of carbonyl (C=O) groups is 2. The molecule has 0 saturated carbocycles. The summed E-state index contributed by atoms with van der Waals surface area (Å²) in [6.45, 7) is 4.80. The molecular weight excluding hydrogens is 343 g/mol. The van der Waals surface area contributed by atoms with Gasteiger partial charge in [0.25, 0.3) is 0 Å².